The van der Waals surface area contributed by atoms with E-state index in [9.17, 15) is 4.79 Å². The standard InChI is InChI=1S/C13H15N3O/c1-9-3-5-11(6-4-9)16(2)13(17)12-7-10(14)8-15-12/h3-8,15H,14H2,1-2H3. The van der Waals surface area contributed by atoms with Gasteiger partial charge in [0.2, 0.25) is 0 Å². The quantitative estimate of drug-likeness (QED) is 0.829. The molecule has 17 heavy (non-hydrogen) atoms. The van der Waals surface area contributed by atoms with Gasteiger partial charge in [-0.05, 0) is 25.1 Å². The molecule has 3 N–H and O–H groups in total. The molecule has 2 rings (SSSR count). The number of nitrogens with zero attached hydrogens (tertiary/aromatic N) is 1. The summed E-state index contributed by atoms with van der Waals surface area (Å²) in [6.45, 7) is 2.01. The normalized spacial score (nSPS) is 10.2. The van der Waals surface area contributed by atoms with Gasteiger partial charge in [-0.2, -0.15) is 0 Å². The van der Waals surface area contributed by atoms with Crippen LogP contribution < -0.4 is 10.6 Å². The molecule has 0 saturated carbocycles. The van der Waals surface area contributed by atoms with Crippen molar-refractivity contribution >= 4 is 17.3 Å². The molecule has 1 aromatic heterocycles. The van der Waals surface area contributed by atoms with Crippen LogP contribution in [0.4, 0.5) is 11.4 Å². The minimum Gasteiger partial charge on any atom is -0.397 e. The van der Waals surface area contributed by atoms with Gasteiger partial charge in [0.1, 0.15) is 5.69 Å². The lowest BCUT2D eigenvalue weighted by atomic mass is 10.2. The summed E-state index contributed by atoms with van der Waals surface area (Å²) in [6.07, 6.45) is 1.61. The number of hydrogen-bond acceptors (Lipinski definition) is 2. The van der Waals surface area contributed by atoms with Crippen molar-refractivity contribution in [2.75, 3.05) is 17.7 Å². The second-order valence-electron chi connectivity index (χ2n) is 4.05. The van der Waals surface area contributed by atoms with Gasteiger partial charge in [0.25, 0.3) is 5.91 Å². The molecule has 0 radical (unpaired) electrons. The van der Waals surface area contributed by atoms with Crippen molar-refractivity contribution in [2.24, 2.45) is 0 Å². The summed E-state index contributed by atoms with van der Waals surface area (Å²) >= 11 is 0. The number of aryl methyl sites for hydroxylation is 1. The molecule has 88 valence electrons. The number of amides is 1. The van der Waals surface area contributed by atoms with Crippen LogP contribution in [0.1, 0.15) is 16.1 Å². The SMILES string of the molecule is Cc1ccc(N(C)C(=O)c2cc(N)c[nH]2)cc1. The molecule has 0 saturated heterocycles. The fraction of sp³-hybridized carbons (Fsp3) is 0.154. The minimum absolute atomic E-state index is 0.106. The van der Waals surface area contributed by atoms with Crippen LogP contribution in [-0.2, 0) is 0 Å². The third-order valence-electron chi connectivity index (χ3n) is 2.66. The van der Waals surface area contributed by atoms with Crippen molar-refractivity contribution in [2.45, 2.75) is 6.92 Å². The van der Waals surface area contributed by atoms with Crippen LogP contribution in [0.15, 0.2) is 36.5 Å². The lowest BCUT2D eigenvalue weighted by Crippen LogP contribution is -2.26. The number of nitrogens with two attached hydrogens (primary N) is 1. The molecule has 0 aliphatic carbocycles. The van der Waals surface area contributed by atoms with Crippen molar-refractivity contribution in [3.8, 4) is 0 Å². The monoisotopic (exact) mass is 229 g/mol. The van der Waals surface area contributed by atoms with Crippen LogP contribution in [0.3, 0.4) is 0 Å². The predicted octanol–water partition coefficient (Wildman–Crippen LogP) is 2.18. The van der Waals surface area contributed by atoms with E-state index in [4.69, 9.17) is 5.73 Å². The van der Waals surface area contributed by atoms with Gasteiger partial charge in [-0.3, -0.25) is 4.79 Å². The minimum atomic E-state index is -0.106. The third kappa shape index (κ3) is 2.30. The van der Waals surface area contributed by atoms with E-state index in [-0.39, 0.29) is 5.91 Å². The maximum atomic E-state index is 12.1. The molecule has 0 unspecified atom stereocenters. The zero-order valence-corrected chi connectivity index (χ0v) is 9.90. The molecule has 4 heteroatoms. The van der Waals surface area contributed by atoms with Gasteiger partial charge >= 0.3 is 0 Å². The summed E-state index contributed by atoms with van der Waals surface area (Å²) in [7, 11) is 1.74. The second-order valence-corrected chi connectivity index (χ2v) is 4.05. The first kappa shape index (κ1) is 11.3. The lowest BCUT2D eigenvalue weighted by molar-refractivity contribution is 0.0989. The second kappa shape index (κ2) is 4.33. The van der Waals surface area contributed by atoms with Gasteiger partial charge in [0.15, 0.2) is 0 Å². The van der Waals surface area contributed by atoms with E-state index in [1.54, 1.807) is 24.2 Å². The third-order valence-corrected chi connectivity index (χ3v) is 2.66. The average Bonchev–Trinajstić information content (AvgIpc) is 2.75. The van der Waals surface area contributed by atoms with Crippen LogP contribution >= 0.6 is 0 Å². The molecule has 1 heterocycles. The van der Waals surface area contributed by atoms with Crippen LogP contribution in [0.5, 0.6) is 0 Å². The number of aromatic amines is 1. The van der Waals surface area contributed by atoms with Gasteiger partial charge in [-0.25, -0.2) is 0 Å². The van der Waals surface area contributed by atoms with Crippen LogP contribution in [0.25, 0.3) is 0 Å². The smallest absolute Gasteiger partial charge is 0.274 e. The Morgan fingerprint density at radius 3 is 2.47 bits per heavy atom. The topological polar surface area (TPSA) is 62.1 Å². The highest BCUT2D eigenvalue weighted by molar-refractivity contribution is 6.05. The number of rotatable bonds is 2. The maximum absolute atomic E-state index is 12.1. The lowest BCUT2D eigenvalue weighted by Gasteiger charge is -2.16. The van der Waals surface area contributed by atoms with Gasteiger partial charge in [0, 0.05) is 24.6 Å². The van der Waals surface area contributed by atoms with Crippen LogP contribution in [0, 0.1) is 6.92 Å². The first-order valence-corrected chi connectivity index (χ1v) is 5.36. The molecule has 4 nitrogen and oxygen atoms in total. The molecule has 0 aliphatic heterocycles. The van der Waals surface area contributed by atoms with Crippen molar-refractivity contribution in [1.82, 2.24) is 4.98 Å². The van der Waals surface area contributed by atoms with Crippen molar-refractivity contribution in [3.63, 3.8) is 0 Å². The van der Waals surface area contributed by atoms with E-state index < -0.39 is 0 Å². The molecule has 2 aromatic rings. The Hall–Kier alpha value is -2.23. The van der Waals surface area contributed by atoms with E-state index in [1.165, 1.54) is 5.56 Å². The molecule has 0 spiro atoms. The average molecular weight is 229 g/mol. The summed E-state index contributed by atoms with van der Waals surface area (Å²) in [6, 6.07) is 9.41. The van der Waals surface area contributed by atoms with Gasteiger partial charge in [0.05, 0.1) is 0 Å². The Kier molecular flexibility index (Phi) is 2.87. The summed E-state index contributed by atoms with van der Waals surface area (Å²) in [5.41, 5.74) is 8.65. The fourth-order valence-corrected chi connectivity index (χ4v) is 1.60. The number of anilines is 2. The Morgan fingerprint density at radius 2 is 1.94 bits per heavy atom. The highest BCUT2D eigenvalue weighted by Crippen LogP contribution is 2.16. The summed E-state index contributed by atoms with van der Waals surface area (Å²) in [5, 5.41) is 0. The highest BCUT2D eigenvalue weighted by Gasteiger charge is 2.14. The Morgan fingerprint density at radius 1 is 1.29 bits per heavy atom. The zero-order valence-electron chi connectivity index (χ0n) is 9.90. The van der Waals surface area contributed by atoms with Crippen molar-refractivity contribution < 1.29 is 4.79 Å². The van der Waals surface area contributed by atoms with E-state index in [0.29, 0.717) is 11.4 Å². The highest BCUT2D eigenvalue weighted by atomic mass is 16.2. The van der Waals surface area contributed by atoms with Gasteiger partial charge in [-0.15, -0.1) is 0 Å². The number of benzene rings is 1. The summed E-state index contributed by atoms with van der Waals surface area (Å²) in [5.74, 6) is -0.106. The van der Waals surface area contributed by atoms with Gasteiger partial charge in [-0.1, -0.05) is 17.7 Å². The number of nitrogen functional groups attached to an aromatic ring is 1. The molecule has 1 aromatic carbocycles. The number of hydrogen-bond donors (Lipinski definition) is 2. The van der Waals surface area contributed by atoms with E-state index >= 15 is 0 Å². The van der Waals surface area contributed by atoms with E-state index in [0.717, 1.165) is 5.69 Å². The largest absolute Gasteiger partial charge is 0.397 e. The zero-order chi connectivity index (χ0) is 12.4. The summed E-state index contributed by atoms with van der Waals surface area (Å²) in [4.78, 5) is 16.5. The molecule has 0 aliphatic rings. The number of nitrogens with one attached hydrogen (secondary N) is 1. The first-order chi connectivity index (χ1) is 8.08. The molecular weight excluding hydrogens is 214 g/mol. The maximum Gasteiger partial charge on any atom is 0.274 e. The van der Waals surface area contributed by atoms with Gasteiger partial charge < -0.3 is 15.6 Å². The number of H-pyrrole nitrogens is 1. The van der Waals surface area contributed by atoms with Crippen molar-refractivity contribution in [1.29, 1.82) is 0 Å². The molecule has 0 atom stereocenters. The Bertz CT molecular complexity index is 528. The van der Waals surface area contributed by atoms with Crippen LogP contribution in [0.2, 0.25) is 0 Å². The predicted molar refractivity (Wildman–Crippen MR) is 69.1 cm³/mol. The molecule has 0 bridgehead atoms. The van der Waals surface area contributed by atoms with Crippen LogP contribution in [-0.4, -0.2) is 17.9 Å². The molecular formula is C13H15N3O. The number of carbonyl (C=O) groups is 1. The first-order valence-electron chi connectivity index (χ1n) is 5.36. The van der Waals surface area contributed by atoms with Crippen molar-refractivity contribution in [3.05, 3.63) is 47.8 Å². The number of aromatic nitrogens is 1. The Balaban J connectivity index is 2.23. The van der Waals surface area contributed by atoms with E-state index in [1.807, 2.05) is 31.2 Å². The number of carbonyl (C=O) groups excluding carboxylic acids is 1. The van der Waals surface area contributed by atoms with E-state index in [2.05, 4.69) is 4.98 Å². The Labute approximate surface area is 100 Å². The molecule has 0 fully saturated rings. The fourth-order valence-electron chi connectivity index (χ4n) is 1.60. The summed E-state index contributed by atoms with van der Waals surface area (Å²) < 4.78 is 0. The molecule has 1 amide bonds.